The first-order chi connectivity index (χ1) is 10.8. The molecule has 1 heterocycles. The molecule has 5 nitrogen and oxygen atoms in total. The molecule has 112 valence electrons. The van der Waals surface area contributed by atoms with Crippen LogP contribution in [0, 0.1) is 6.57 Å². The second kappa shape index (κ2) is 6.44. The summed E-state index contributed by atoms with van der Waals surface area (Å²) in [5.41, 5.74) is 1.29. The summed E-state index contributed by atoms with van der Waals surface area (Å²) in [6.45, 7) is 7.28. The van der Waals surface area contributed by atoms with Gasteiger partial charge in [0.15, 0.2) is 0 Å². The Balaban J connectivity index is 1.97. The Morgan fingerprint density at radius 2 is 1.91 bits per heavy atom. The van der Waals surface area contributed by atoms with Crippen molar-refractivity contribution in [3.05, 3.63) is 57.8 Å². The summed E-state index contributed by atoms with van der Waals surface area (Å²) >= 11 is 0. The lowest BCUT2D eigenvalue weighted by Crippen LogP contribution is -2.16. The molecule has 22 heavy (non-hydrogen) atoms. The van der Waals surface area contributed by atoms with Crippen molar-refractivity contribution in [2.24, 2.45) is 0 Å². The van der Waals surface area contributed by atoms with Crippen LogP contribution in [-0.2, 0) is 0 Å². The largest absolute Gasteiger partial charge is 0.326 e. The third-order valence-corrected chi connectivity index (χ3v) is 4.06. The molecule has 1 aliphatic rings. The Bertz CT molecular complexity index is 739. The van der Waals surface area contributed by atoms with E-state index in [1.807, 2.05) is 30.3 Å². The summed E-state index contributed by atoms with van der Waals surface area (Å²) < 4.78 is 0. The van der Waals surface area contributed by atoms with Crippen molar-refractivity contribution in [2.75, 3.05) is 5.32 Å². The van der Waals surface area contributed by atoms with Crippen molar-refractivity contribution in [3.63, 3.8) is 0 Å². The van der Waals surface area contributed by atoms with Crippen LogP contribution in [0.4, 0.5) is 17.3 Å². The summed E-state index contributed by atoms with van der Waals surface area (Å²) in [6, 6.07) is 9.56. The van der Waals surface area contributed by atoms with E-state index in [0.29, 0.717) is 11.6 Å². The number of rotatable bonds is 3. The third-order valence-electron chi connectivity index (χ3n) is 4.06. The van der Waals surface area contributed by atoms with Crippen LogP contribution in [0.25, 0.3) is 4.85 Å². The average Bonchev–Trinajstić information content (AvgIpc) is 2.56. The number of aromatic amines is 1. The minimum atomic E-state index is -0.357. The maximum atomic E-state index is 12.2. The van der Waals surface area contributed by atoms with E-state index >= 15 is 0 Å². The van der Waals surface area contributed by atoms with Crippen LogP contribution in [0.5, 0.6) is 0 Å². The van der Waals surface area contributed by atoms with Gasteiger partial charge in [-0.1, -0.05) is 37.5 Å². The van der Waals surface area contributed by atoms with Crippen molar-refractivity contribution < 1.29 is 0 Å². The number of benzene rings is 1. The third kappa shape index (κ3) is 3.01. The molecule has 1 fully saturated rings. The maximum absolute atomic E-state index is 12.2. The van der Waals surface area contributed by atoms with Gasteiger partial charge < -0.3 is 10.3 Å². The molecule has 0 aliphatic heterocycles. The Kier molecular flexibility index (Phi) is 4.19. The van der Waals surface area contributed by atoms with Gasteiger partial charge in [-0.3, -0.25) is 4.79 Å². The number of H-pyrrole nitrogens is 1. The number of para-hydroxylation sites is 1. The predicted octanol–water partition coefficient (Wildman–Crippen LogP) is 4.11. The first-order valence-electron chi connectivity index (χ1n) is 7.61. The van der Waals surface area contributed by atoms with Crippen LogP contribution in [0.3, 0.4) is 0 Å². The van der Waals surface area contributed by atoms with Gasteiger partial charge in [-0.15, -0.1) is 0 Å². The van der Waals surface area contributed by atoms with Gasteiger partial charge in [-0.25, -0.2) is 9.83 Å². The zero-order chi connectivity index (χ0) is 15.4. The number of nitrogens with zero attached hydrogens (tertiary/aromatic N) is 2. The molecule has 0 saturated heterocycles. The lowest BCUT2D eigenvalue weighted by molar-refractivity contribution is 0.437. The quantitative estimate of drug-likeness (QED) is 0.837. The number of nitrogens with one attached hydrogen (secondary N) is 2. The highest BCUT2D eigenvalue weighted by Crippen LogP contribution is 2.35. The fraction of sp³-hybridized carbons (Fsp3) is 0.353. The van der Waals surface area contributed by atoms with Crippen LogP contribution >= 0.6 is 0 Å². The molecule has 0 bridgehead atoms. The molecule has 0 atom stereocenters. The fourth-order valence-electron chi connectivity index (χ4n) is 2.97. The van der Waals surface area contributed by atoms with Gasteiger partial charge in [0, 0.05) is 5.69 Å². The van der Waals surface area contributed by atoms with E-state index < -0.39 is 0 Å². The predicted molar refractivity (Wildman–Crippen MR) is 86.7 cm³/mol. The average molecular weight is 294 g/mol. The van der Waals surface area contributed by atoms with E-state index in [4.69, 9.17) is 6.57 Å². The number of aromatic nitrogens is 2. The first-order valence-corrected chi connectivity index (χ1v) is 7.61. The minimum Gasteiger partial charge on any atom is -0.326 e. The van der Waals surface area contributed by atoms with Crippen molar-refractivity contribution in [2.45, 2.75) is 38.0 Å². The van der Waals surface area contributed by atoms with Crippen molar-refractivity contribution >= 4 is 17.3 Å². The Labute approximate surface area is 129 Å². The van der Waals surface area contributed by atoms with Gasteiger partial charge in [0.25, 0.3) is 11.2 Å². The van der Waals surface area contributed by atoms with Gasteiger partial charge in [-0.2, -0.15) is 0 Å². The highest BCUT2D eigenvalue weighted by molar-refractivity contribution is 5.56. The summed E-state index contributed by atoms with van der Waals surface area (Å²) in [5.74, 6) is 0.626. The van der Waals surface area contributed by atoms with E-state index in [1.54, 1.807) is 0 Å². The van der Waals surface area contributed by atoms with Crippen LogP contribution < -0.4 is 10.9 Å². The molecule has 0 spiro atoms. The normalized spacial score (nSPS) is 15.2. The van der Waals surface area contributed by atoms with Crippen molar-refractivity contribution in [3.8, 4) is 0 Å². The van der Waals surface area contributed by atoms with E-state index in [-0.39, 0.29) is 17.2 Å². The summed E-state index contributed by atoms with van der Waals surface area (Å²) in [5, 5.41) is 3.11. The Morgan fingerprint density at radius 1 is 1.18 bits per heavy atom. The summed E-state index contributed by atoms with van der Waals surface area (Å²) in [7, 11) is 0. The monoisotopic (exact) mass is 294 g/mol. The standard InChI is InChI=1S/C17H18N4O/c1-18-15-14(12-8-4-2-5-9-12)20-17(21-16(15)22)19-13-10-6-3-7-11-13/h3,6-7,10-12H,2,4-5,8-9H2,(H2,19,20,21,22). The molecule has 0 radical (unpaired) electrons. The molecule has 0 amide bonds. The van der Waals surface area contributed by atoms with E-state index in [2.05, 4.69) is 20.1 Å². The second-order valence-corrected chi connectivity index (χ2v) is 5.59. The molecule has 5 heteroatoms. The van der Waals surface area contributed by atoms with Gasteiger partial charge in [0.05, 0.1) is 12.3 Å². The van der Waals surface area contributed by atoms with E-state index in [9.17, 15) is 4.79 Å². The molecule has 1 saturated carbocycles. The number of hydrogen-bond donors (Lipinski definition) is 2. The summed E-state index contributed by atoms with van der Waals surface area (Å²) in [6.07, 6.45) is 5.51. The van der Waals surface area contributed by atoms with Gasteiger partial charge in [-0.05, 0) is 30.9 Å². The highest BCUT2D eigenvalue weighted by Gasteiger charge is 2.23. The molecular formula is C17H18N4O. The van der Waals surface area contributed by atoms with Crippen molar-refractivity contribution in [1.29, 1.82) is 0 Å². The van der Waals surface area contributed by atoms with Crippen LogP contribution in [0.1, 0.15) is 43.7 Å². The second-order valence-electron chi connectivity index (χ2n) is 5.59. The number of hydrogen-bond acceptors (Lipinski definition) is 3. The minimum absolute atomic E-state index is 0.144. The topological polar surface area (TPSA) is 62.1 Å². The van der Waals surface area contributed by atoms with Crippen molar-refractivity contribution in [1.82, 2.24) is 9.97 Å². The first kappa shape index (κ1) is 14.3. The number of anilines is 2. The van der Waals surface area contributed by atoms with Gasteiger partial charge >= 0.3 is 0 Å². The molecular weight excluding hydrogens is 276 g/mol. The molecule has 1 aliphatic carbocycles. The SMILES string of the molecule is [C-]#[N+]c1c(C2CCCCC2)nc(Nc2ccccc2)[nH]c1=O. The molecule has 1 aromatic carbocycles. The van der Waals surface area contributed by atoms with Crippen LogP contribution in [0.2, 0.25) is 0 Å². The fourth-order valence-corrected chi connectivity index (χ4v) is 2.97. The maximum Gasteiger partial charge on any atom is 0.271 e. The lowest BCUT2D eigenvalue weighted by Gasteiger charge is -2.22. The van der Waals surface area contributed by atoms with Crippen LogP contribution in [-0.4, -0.2) is 9.97 Å². The van der Waals surface area contributed by atoms with Gasteiger partial charge in [0.1, 0.15) is 0 Å². The smallest absolute Gasteiger partial charge is 0.271 e. The Morgan fingerprint density at radius 3 is 2.59 bits per heavy atom. The highest BCUT2D eigenvalue weighted by atomic mass is 16.1. The van der Waals surface area contributed by atoms with E-state index in [0.717, 1.165) is 31.4 Å². The lowest BCUT2D eigenvalue weighted by atomic mass is 9.86. The molecule has 2 N–H and O–H groups in total. The van der Waals surface area contributed by atoms with Gasteiger partial charge in [0.2, 0.25) is 5.95 Å². The van der Waals surface area contributed by atoms with E-state index in [1.165, 1.54) is 6.42 Å². The molecule has 2 aromatic rings. The zero-order valence-corrected chi connectivity index (χ0v) is 12.3. The summed E-state index contributed by atoms with van der Waals surface area (Å²) in [4.78, 5) is 22.8. The molecule has 3 rings (SSSR count). The van der Waals surface area contributed by atoms with Crippen LogP contribution in [0.15, 0.2) is 35.1 Å². The Hall–Kier alpha value is -2.61. The molecule has 0 unspecified atom stereocenters. The zero-order valence-electron chi connectivity index (χ0n) is 12.3. The molecule has 1 aromatic heterocycles.